The zero-order valence-corrected chi connectivity index (χ0v) is 8.31. The van der Waals surface area contributed by atoms with Gasteiger partial charge in [0.25, 0.3) is 0 Å². The molecule has 0 fully saturated rings. The number of carboxylic acids is 1. The summed E-state index contributed by atoms with van der Waals surface area (Å²) in [6, 6.07) is 3.52. The van der Waals surface area contributed by atoms with E-state index >= 15 is 0 Å². The Bertz CT molecular complexity index is 318. The maximum atomic E-state index is 10.7. The van der Waals surface area contributed by atoms with Crippen molar-refractivity contribution in [3.63, 3.8) is 0 Å². The second kappa shape index (κ2) is 3.82. The highest BCUT2D eigenvalue weighted by molar-refractivity contribution is 9.11. The molecule has 12 heavy (non-hydrogen) atoms. The Labute approximate surface area is 81.2 Å². The number of halogens is 1. The quantitative estimate of drug-likeness (QED) is 0.829. The molecule has 1 N–H and O–H groups in total. The second-order valence-corrected chi connectivity index (χ2v) is 4.66. The molecule has 1 heterocycles. The lowest BCUT2D eigenvalue weighted by atomic mass is 10.2. The van der Waals surface area contributed by atoms with Crippen LogP contribution < -0.4 is 0 Å². The van der Waals surface area contributed by atoms with Gasteiger partial charge in [0.15, 0.2) is 0 Å². The van der Waals surface area contributed by atoms with Gasteiger partial charge in [0.05, 0.1) is 10.2 Å². The van der Waals surface area contributed by atoms with E-state index in [0.717, 1.165) is 8.66 Å². The van der Waals surface area contributed by atoms with Crippen LogP contribution in [0.4, 0.5) is 0 Å². The molecule has 0 spiro atoms. The third-order valence-corrected chi connectivity index (χ3v) is 2.83. The summed E-state index contributed by atoms with van der Waals surface area (Å²) in [5.41, 5.74) is 0. The first-order valence-corrected chi connectivity index (χ1v) is 4.71. The third kappa shape index (κ3) is 2.42. The predicted octanol–water partition coefficient (Wildman–Crippen LogP) is 1.71. The molecular formula is C7H5BrO3S. The molecule has 1 rings (SSSR count). The second-order valence-electron chi connectivity index (χ2n) is 2.11. The topological polar surface area (TPSA) is 54.4 Å². The van der Waals surface area contributed by atoms with Gasteiger partial charge in [-0.3, -0.25) is 4.79 Å². The number of hydrogen-bond acceptors (Lipinski definition) is 3. The van der Waals surface area contributed by atoms with Crippen molar-refractivity contribution in [1.29, 1.82) is 0 Å². The first kappa shape index (κ1) is 9.41. The Kier molecular flexibility index (Phi) is 2.99. The summed E-state index contributed by atoms with van der Waals surface area (Å²) >= 11 is 4.58. The molecule has 0 atom stereocenters. The van der Waals surface area contributed by atoms with Gasteiger partial charge in [-0.05, 0) is 28.1 Å². The molecule has 0 aliphatic carbocycles. The summed E-state index contributed by atoms with van der Waals surface area (Å²) in [5.74, 6) is -2.15. The average Bonchev–Trinajstić information content (AvgIpc) is 2.35. The number of ketones is 1. The number of carbonyl (C=O) groups is 2. The van der Waals surface area contributed by atoms with E-state index in [9.17, 15) is 9.59 Å². The molecule has 3 nitrogen and oxygen atoms in total. The summed E-state index contributed by atoms with van der Waals surface area (Å²) < 4.78 is 0.899. The van der Waals surface area contributed by atoms with E-state index in [-0.39, 0.29) is 6.42 Å². The van der Waals surface area contributed by atoms with Crippen LogP contribution in [0, 0.1) is 0 Å². The van der Waals surface area contributed by atoms with Gasteiger partial charge in [0, 0.05) is 4.88 Å². The molecule has 1 aromatic heterocycles. The Morgan fingerprint density at radius 3 is 2.58 bits per heavy atom. The molecule has 0 radical (unpaired) electrons. The average molecular weight is 249 g/mol. The molecule has 0 amide bonds. The van der Waals surface area contributed by atoms with E-state index in [1.54, 1.807) is 12.1 Å². The van der Waals surface area contributed by atoms with Crippen LogP contribution in [0.2, 0.25) is 0 Å². The summed E-state index contributed by atoms with van der Waals surface area (Å²) in [6.45, 7) is 0. The van der Waals surface area contributed by atoms with Gasteiger partial charge in [0.2, 0.25) is 5.78 Å². The lowest BCUT2D eigenvalue weighted by molar-refractivity contribution is -0.148. The molecule has 64 valence electrons. The smallest absolute Gasteiger partial charge is 0.372 e. The van der Waals surface area contributed by atoms with Gasteiger partial charge in [-0.2, -0.15) is 0 Å². The van der Waals surface area contributed by atoms with E-state index in [4.69, 9.17) is 5.11 Å². The largest absolute Gasteiger partial charge is 0.475 e. The lowest BCUT2D eigenvalue weighted by Crippen LogP contribution is -2.14. The Hall–Kier alpha value is -0.680. The third-order valence-electron chi connectivity index (χ3n) is 1.20. The number of thiophene rings is 1. The van der Waals surface area contributed by atoms with Crippen molar-refractivity contribution in [2.45, 2.75) is 6.42 Å². The molecule has 0 saturated carbocycles. The Balaban J connectivity index is 2.64. The molecule has 0 aliphatic heterocycles. The fourth-order valence-corrected chi connectivity index (χ4v) is 2.16. The highest BCUT2D eigenvalue weighted by atomic mass is 79.9. The minimum Gasteiger partial charge on any atom is -0.475 e. The molecule has 1 aromatic rings. The predicted molar refractivity (Wildman–Crippen MR) is 48.4 cm³/mol. The van der Waals surface area contributed by atoms with E-state index < -0.39 is 11.8 Å². The monoisotopic (exact) mass is 248 g/mol. The van der Waals surface area contributed by atoms with E-state index in [1.165, 1.54) is 11.3 Å². The van der Waals surface area contributed by atoms with Crippen LogP contribution in [0.25, 0.3) is 0 Å². The first-order valence-electron chi connectivity index (χ1n) is 3.10. The number of hydrogen-bond donors (Lipinski definition) is 1. The summed E-state index contributed by atoms with van der Waals surface area (Å²) in [7, 11) is 0. The molecule has 0 aromatic carbocycles. The van der Waals surface area contributed by atoms with Crippen LogP contribution >= 0.6 is 27.3 Å². The zero-order chi connectivity index (χ0) is 9.14. The van der Waals surface area contributed by atoms with E-state index in [0.29, 0.717) is 0 Å². The lowest BCUT2D eigenvalue weighted by Gasteiger charge is -1.89. The Morgan fingerprint density at radius 1 is 1.50 bits per heavy atom. The highest BCUT2D eigenvalue weighted by Gasteiger charge is 2.12. The number of aliphatic carboxylic acids is 1. The van der Waals surface area contributed by atoms with Crippen LogP contribution in [-0.4, -0.2) is 16.9 Å². The SMILES string of the molecule is O=C(O)C(=O)Cc1ccc(Br)s1. The van der Waals surface area contributed by atoms with E-state index in [2.05, 4.69) is 15.9 Å². The van der Waals surface area contributed by atoms with Gasteiger partial charge < -0.3 is 5.11 Å². The molecule has 0 aliphatic rings. The van der Waals surface area contributed by atoms with E-state index in [1.807, 2.05) is 0 Å². The minimum atomic E-state index is -1.38. The maximum Gasteiger partial charge on any atom is 0.372 e. The van der Waals surface area contributed by atoms with Crippen molar-refractivity contribution < 1.29 is 14.7 Å². The van der Waals surface area contributed by atoms with Gasteiger partial charge in [-0.25, -0.2) is 4.79 Å². The standard InChI is InChI=1S/C7H5BrO3S/c8-6-2-1-4(12-6)3-5(9)7(10)11/h1-2H,3H2,(H,10,11). The molecule has 0 bridgehead atoms. The first-order chi connectivity index (χ1) is 5.59. The van der Waals surface area contributed by atoms with Crippen molar-refractivity contribution in [1.82, 2.24) is 0 Å². The maximum absolute atomic E-state index is 10.7. The van der Waals surface area contributed by atoms with Gasteiger partial charge >= 0.3 is 5.97 Å². The van der Waals surface area contributed by atoms with Crippen LogP contribution in [0.15, 0.2) is 15.9 Å². The van der Waals surface area contributed by atoms with Crippen LogP contribution in [0.1, 0.15) is 4.88 Å². The number of carbonyl (C=O) groups excluding carboxylic acids is 1. The number of rotatable bonds is 3. The number of Topliss-reactive ketones (excluding diaryl/α,β-unsaturated/α-hetero) is 1. The van der Waals surface area contributed by atoms with Crippen molar-refractivity contribution in [3.8, 4) is 0 Å². The fraction of sp³-hybridized carbons (Fsp3) is 0.143. The zero-order valence-electron chi connectivity index (χ0n) is 5.91. The molecule has 0 saturated heterocycles. The summed E-state index contributed by atoms with van der Waals surface area (Å²) in [5, 5.41) is 8.29. The van der Waals surface area contributed by atoms with Crippen LogP contribution in [0.5, 0.6) is 0 Å². The summed E-state index contributed by atoms with van der Waals surface area (Å²) in [4.78, 5) is 21.6. The molecule has 5 heteroatoms. The normalized spacial score (nSPS) is 9.75. The summed E-state index contributed by atoms with van der Waals surface area (Å²) in [6.07, 6.45) is -0.0222. The van der Waals surface area contributed by atoms with Gasteiger partial charge in [-0.1, -0.05) is 0 Å². The van der Waals surface area contributed by atoms with Crippen molar-refractivity contribution in [3.05, 3.63) is 20.8 Å². The highest BCUT2D eigenvalue weighted by Crippen LogP contribution is 2.22. The minimum absolute atomic E-state index is 0.0222. The van der Waals surface area contributed by atoms with Gasteiger partial charge in [-0.15, -0.1) is 11.3 Å². The van der Waals surface area contributed by atoms with Crippen molar-refractivity contribution in [2.24, 2.45) is 0 Å². The van der Waals surface area contributed by atoms with Crippen molar-refractivity contribution >= 4 is 39.0 Å². The van der Waals surface area contributed by atoms with Crippen LogP contribution in [-0.2, 0) is 16.0 Å². The fourth-order valence-electron chi connectivity index (χ4n) is 0.681. The van der Waals surface area contributed by atoms with Gasteiger partial charge in [0.1, 0.15) is 0 Å². The number of carboxylic acid groups (broad SMARTS) is 1. The van der Waals surface area contributed by atoms with Crippen LogP contribution in [0.3, 0.4) is 0 Å². The molecule has 0 unspecified atom stereocenters. The van der Waals surface area contributed by atoms with Crippen molar-refractivity contribution in [2.75, 3.05) is 0 Å². The molecular weight excluding hydrogens is 244 g/mol. The Morgan fingerprint density at radius 2 is 2.17 bits per heavy atom.